The van der Waals surface area contributed by atoms with Crippen LogP contribution >= 0.6 is 0 Å². The summed E-state index contributed by atoms with van der Waals surface area (Å²) < 4.78 is 18.3. The van der Waals surface area contributed by atoms with Gasteiger partial charge in [-0.15, -0.1) is 0 Å². The molecule has 4 N–H and O–H groups in total. The van der Waals surface area contributed by atoms with E-state index >= 15 is 0 Å². The summed E-state index contributed by atoms with van der Waals surface area (Å²) in [5.74, 6) is -2.55. The minimum Gasteiger partial charge on any atom is -0.379 e. The molecule has 4 amide bonds. The molecule has 1 heterocycles. The third-order valence-corrected chi connectivity index (χ3v) is 10.4. The van der Waals surface area contributed by atoms with Crippen LogP contribution in [0.5, 0.6) is 0 Å². The van der Waals surface area contributed by atoms with Gasteiger partial charge in [-0.25, -0.2) is 0 Å². The summed E-state index contributed by atoms with van der Waals surface area (Å²) in [6, 6.07) is 7.86. The Hall–Kier alpha value is -3.23. The van der Waals surface area contributed by atoms with E-state index in [1.807, 2.05) is 83.8 Å². The zero-order valence-electron chi connectivity index (χ0n) is 35.1. The molecule has 13 heteroatoms. The number of hydrogen-bond acceptors (Lipinski definition) is 10. The number of likely N-dealkylation sites (tertiary alicyclic amines) is 1. The van der Waals surface area contributed by atoms with Gasteiger partial charge in [-0.3, -0.25) is 34.2 Å². The van der Waals surface area contributed by atoms with Gasteiger partial charge in [0.05, 0.1) is 47.8 Å². The van der Waals surface area contributed by atoms with E-state index < -0.39 is 64.8 Å². The highest BCUT2D eigenvalue weighted by Gasteiger charge is 2.45. The Morgan fingerprint density at radius 3 is 2.09 bits per heavy atom. The van der Waals surface area contributed by atoms with Crippen LogP contribution in [0.25, 0.3) is 0 Å². The Morgan fingerprint density at radius 1 is 1.00 bits per heavy atom. The van der Waals surface area contributed by atoms with Crippen molar-refractivity contribution in [3.05, 3.63) is 35.9 Å². The molecule has 0 radical (unpaired) electrons. The van der Waals surface area contributed by atoms with Crippen molar-refractivity contribution in [2.45, 2.75) is 149 Å². The predicted octanol–water partition coefficient (Wildman–Crippen LogP) is 3.85. The van der Waals surface area contributed by atoms with Gasteiger partial charge in [0.25, 0.3) is 0 Å². The van der Waals surface area contributed by atoms with Crippen LogP contribution in [-0.2, 0) is 44.6 Å². The zero-order chi connectivity index (χ0) is 41.2. The number of nitrogens with zero attached hydrogens (tertiary/aromatic N) is 2. The number of amides is 4. The van der Waals surface area contributed by atoms with Gasteiger partial charge in [0, 0.05) is 33.2 Å². The Bertz CT molecular complexity index is 1390. The number of nitrogens with two attached hydrogens (primary N) is 1. The maximum atomic E-state index is 14.3. The molecule has 0 bridgehead atoms. The van der Waals surface area contributed by atoms with Crippen molar-refractivity contribution in [3.63, 3.8) is 0 Å². The van der Waals surface area contributed by atoms with Crippen molar-refractivity contribution in [1.82, 2.24) is 20.4 Å². The van der Waals surface area contributed by atoms with Gasteiger partial charge in [0.2, 0.25) is 29.4 Å². The first-order valence-electron chi connectivity index (χ1n) is 19.3. The fourth-order valence-electron chi connectivity index (χ4n) is 7.65. The van der Waals surface area contributed by atoms with E-state index in [9.17, 15) is 24.0 Å². The molecule has 1 aliphatic rings. The summed E-state index contributed by atoms with van der Waals surface area (Å²) in [4.78, 5) is 70.9. The third kappa shape index (κ3) is 12.7. The van der Waals surface area contributed by atoms with E-state index in [4.69, 9.17) is 19.9 Å². The van der Waals surface area contributed by atoms with Crippen molar-refractivity contribution in [3.8, 4) is 0 Å². The number of carbonyl (C=O) groups excluding carboxylic acids is 5. The highest BCUT2D eigenvalue weighted by molar-refractivity contribution is 6.01. The lowest BCUT2D eigenvalue weighted by Gasteiger charge is -2.43. The van der Waals surface area contributed by atoms with Gasteiger partial charge in [0.1, 0.15) is 0 Å². The quantitative estimate of drug-likeness (QED) is 0.131. The second kappa shape index (κ2) is 20.1. The number of imide groups is 1. The molecular weight excluding hydrogens is 690 g/mol. The van der Waals surface area contributed by atoms with E-state index in [0.29, 0.717) is 19.3 Å². The van der Waals surface area contributed by atoms with Crippen molar-refractivity contribution in [2.75, 3.05) is 27.8 Å². The Kier molecular flexibility index (Phi) is 17.5. The lowest BCUT2D eigenvalue weighted by molar-refractivity contribution is -0.171. The number of ether oxygens (including phenoxy) is 3. The van der Waals surface area contributed by atoms with E-state index in [1.54, 1.807) is 18.9 Å². The maximum absolute atomic E-state index is 14.3. The highest BCUT2D eigenvalue weighted by atomic mass is 16.5. The maximum Gasteiger partial charge on any atom is 0.246 e. The van der Waals surface area contributed by atoms with Crippen LogP contribution in [0.15, 0.2) is 30.3 Å². The fraction of sp³-hybridized carbons (Fsp3) is 0.732. The number of rotatable bonds is 20. The summed E-state index contributed by atoms with van der Waals surface area (Å²) in [6.45, 7) is 18.7. The molecule has 306 valence electrons. The molecule has 54 heavy (non-hydrogen) atoms. The van der Waals surface area contributed by atoms with Crippen molar-refractivity contribution in [2.24, 2.45) is 23.5 Å². The Balaban J connectivity index is 2.36. The monoisotopic (exact) mass is 760 g/mol. The number of nitrogens with one attached hydrogen (secondary N) is 2. The smallest absolute Gasteiger partial charge is 0.246 e. The molecule has 1 aromatic rings. The second-order valence-electron chi connectivity index (χ2n) is 16.9. The molecule has 0 spiro atoms. The van der Waals surface area contributed by atoms with Crippen LogP contribution in [0.1, 0.15) is 100 Å². The normalized spacial score (nSPS) is 19.7. The van der Waals surface area contributed by atoms with Gasteiger partial charge >= 0.3 is 0 Å². The largest absolute Gasteiger partial charge is 0.379 e. The molecular formula is C41H69N5O8. The summed E-state index contributed by atoms with van der Waals surface area (Å²) in [6.07, 6.45) is 1.60. The predicted molar refractivity (Wildman–Crippen MR) is 209 cm³/mol. The van der Waals surface area contributed by atoms with Crippen LogP contribution in [0.3, 0.4) is 0 Å². The van der Waals surface area contributed by atoms with E-state index in [-0.39, 0.29) is 36.6 Å². The van der Waals surface area contributed by atoms with Gasteiger partial charge in [-0.1, -0.05) is 71.4 Å². The summed E-state index contributed by atoms with van der Waals surface area (Å²) in [5.41, 5.74) is 3.16. The average molecular weight is 760 g/mol. The van der Waals surface area contributed by atoms with Gasteiger partial charge in [0.15, 0.2) is 6.29 Å². The van der Waals surface area contributed by atoms with E-state index in [0.717, 1.165) is 18.4 Å². The number of benzene rings is 1. The molecule has 0 aromatic heterocycles. The number of aldehydes is 1. The third-order valence-electron chi connectivity index (χ3n) is 10.4. The number of methoxy groups -OCH3 is 2. The SMILES string of the molecule is CC[C@H](C)[C@@H]([C@@H](CC(=O)N1CCC[C@H]1[C@H](OC)[C@@H](C)C(=O)N[C@@](C=O)(Cc1ccccc1)OC(C)(C)C)OC)N(C)[C@H](C(=O)NC(=O)C(C)(C)N)C(C)C. The second-order valence-corrected chi connectivity index (χ2v) is 16.9. The number of hydrogen-bond donors (Lipinski definition) is 3. The molecule has 2 rings (SSSR count). The van der Waals surface area contributed by atoms with Crippen LogP contribution < -0.4 is 16.4 Å². The molecule has 0 unspecified atom stereocenters. The van der Waals surface area contributed by atoms with Crippen molar-refractivity contribution in [1.29, 1.82) is 0 Å². The van der Waals surface area contributed by atoms with E-state index in [1.165, 1.54) is 21.0 Å². The topological polar surface area (TPSA) is 170 Å². The molecule has 0 saturated carbocycles. The number of likely N-dealkylation sites (N-methyl/N-ethyl adjacent to an activating group) is 1. The van der Waals surface area contributed by atoms with Gasteiger partial charge < -0.3 is 30.2 Å². The van der Waals surface area contributed by atoms with Crippen LogP contribution in [0, 0.1) is 17.8 Å². The van der Waals surface area contributed by atoms with Gasteiger partial charge in [-0.2, -0.15) is 0 Å². The average Bonchev–Trinajstić information content (AvgIpc) is 3.56. The van der Waals surface area contributed by atoms with Crippen molar-refractivity contribution >= 4 is 29.9 Å². The lowest BCUT2D eigenvalue weighted by atomic mass is 9.87. The van der Waals surface area contributed by atoms with Crippen LogP contribution in [0.2, 0.25) is 0 Å². The fourth-order valence-corrected chi connectivity index (χ4v) is 7.65. The standard InChI is InChI=1S/C41H69N5O8/c1-14-27(4)34(45(11)33(26(2)3)37(50)43-38(51)40(9,10)42)31(52-12)23-32(48)46-22-18-21-30(46)35(53-13)28(5)36(49)44-41(25-47,54-39(6,7)8)24-29-19-16-15-17-20-29/h15-17,19-20,25-28,30-31,33-35H,14,18,21-24,42H2,1-13H3,(H,44,49)(H,43,50,51)/t27-,28+,30-,31+,33-,34-,35+,41-/m0/s1. The molecule has 13 nitrogen and oxygen atoms in total. The molecule has 1 saturated heterocycles. The van der Waals surface area contributed by atoms with E-state index in [2.05, 4.69) is 17.6 Å². The molecule has 1 aliphatic heterocycles. The first-order chi connectivity index (χ1) is 25.1. The first kappa shape index (κ1) is 46.9. The molecule has 1 aromatic carbocycles. The molecule has 0 aliphatic carbocycles. The summed E-state index contributed by atoms with van der Waals surface area (Å²) >= 11 is 0. The zero-order valence-corrected chi connectivity index (χ0v) is 35.1. The highest BCUT2D eigenvalue weighted by Crippen LogP contribution is 2.31. The minimum atomic E-state index is -1.63. The van der Waals surface area contributed by atoms with Gasteiger partial charge in [-0.05, 0) is 71.9 Å². The van der Waals surface area contributed by atoms with Crippen LogP contribution in [-0.4, -0.2) is 115 Å². The minimum absolute atomic E-state index is 0.0116. The van der Waals surface area contributed by atoms with Crippen molar-refractivity contribution < 1.29 is 38.2 Å². The summed E-state index contributed by atoms with van der Waals surface area (Å²) in [5, 5.41) is 5.39. The number of carbonyl (C=O) groups is 5. The first-order valence-corrected chi connectivity index (χ1v) is 19.3. The summed E-state index contributed by atoms with van der Waals surface area (Å²) in [7, 11) is 4.92. The molecule has 8 atom stereocenters. The lowest BCUT2D eigenvalue weighted by Crippen LogP contribution is -2.61. The molecule has 1 fully saturated rings. The Morgan fingerprint density at radius 2 is 1.61 bits per heavy atom. The van der Waals surface area contributed by atoms with Crippen LogP contribution in [0.4, 0.5) is 0 Å². The Labute approximate surface area is 323 Å².